The fourth-order valence-corrected chi connectivity index (χ4v) is 1.25. The van der Waals surface area contributed by atoms with E-state index in [-0.39, 0.29) is 5.56 Å². The van der Waals surface area contributed by atoms with Crippen molar-refractivity contribution in [2.75, 3.05) is 27.7 Å². The SMILES string of the molecule is COC(=O)c1ccc(=O)n(CCN(C)C)c1. The lowest BCUT2D eigenvalue weighted by Crippen LogP contribution is -2.26. The molecule has 16 heavy (non-hydrogen) atoms. The summed E-state index contributed by atoms with van der Waals surface area (Å²) in [7, 11) is 5.17. The van der Waals surface area contributed by atoms with Crippen molar-refractivity contribution < 1.29 is 9.53 Å². The monoisotopic (exact) mass is 224 g/mol. The first-order valence-electron chi connectivity index (χ1n) is 4.98. The van der Waals surface area contributed by atoms with Gasteiger partial charge in [-0.15, -0.1) is 0 Å². The zero-order valence-electron chi connectivity index (χ0n) is 9.77. The minimum absolute atomic E-state index is 0.116. The third-order valence-electron chi connectivity index (χ3n) is 2.19. The van der Waals surface area contributed by atoms with E-state index < -0.39 is 5.97 Å². The summed E-state index contributed by atoms with van der Waals surface area (Å²) >= 11 is 0. The van der Waals surface area contributed by atoms with Crippen LogP contribution in [0.15, 0.2) is 23.1 Å². The molecule has 1 heterocycles. The molecule has 0 atom stereocenters. The Morgan fingerprint density at radius 2 is 2.12 bits per heavy atom. The van der Waals surface area contributed by atoms with Gasteiger partial charge in [-0.3, -0.25) is 4.79 Å². The maximum atomic E-state index is 11.5. The third kappa shape index (κ3) is 3.20. The minimum Gasteiger partial charge on any atom is -0.465 e. The van der Waals surface area contributed by atoms with Gasteiger partial charge in [0.15, 0.2) is 0 Å². The highest BCUT2D eigenvalue weighted by Crippen LogP contribution is 1.98. The molecule has 0 unspecified atom stereocenters. The molecular weight excluding hydrogens is 208 g/mol. The molecule has 0 saturated carbocycles. The van der Waals surface area contributed by atoms with Gasteiger partial charge < -0.3 is 14.2 Å². The molecule has 0 aliphatic rings. The van der Waals surface area contributed by atoms with Crippen molar-refractivity contribution in [1.82, 2.24) is 9.47 Å². The summed E-state index contributed by atoms with van der Waals surface area (Å²) in [5.74, 6) is -0.432. The Morgan fingerprint density at radius 3 is 2.69 bits per heavy atom. The summed E-state index contributed by atoms with van der Waals surface area (Å²) in [6, 6.07) is 2.85. The average molecular weight is 224 g/mol. The van der Waals surface area contributed by atoms with Crippen LogP contribution in [0.2, 0.25) is 0 Å². The summed E-state index contributed by atoms with van der Waals surface area (Å²) in [4.78, 5) is 24.7. The number of esters is 1. The van der Waals surface area contributed by atoms with E-state index in [1.54, 1.807) is 0 Å². The number of carbonyl (C=O) groups excluding carboxylic acids is 1. The van der Waals surface area contributed by atoms with Crippen molar-refractivity contribution in [1.29, 1.82) is 0 Å². The molecule has 0 spiro atoms. The van der Waals surface area contributed by atoms with Crippen LogP contribution in [0.3, 0.4) is 0 Å². The van der Waals surface area contributed by atoms with Crippen molar-refractivity contribution >= 4 is 5.97 Å². The highest BCUT2D eigenvalue weighted by atomic mass is 16.5. The fourth-order valence-electron chi connectivity index (χ4n) is 1.25. The van der Waals surface area contributed by atoms with E-state index in [4.69, 9.17) is 0 Å². The Balaban J connectivity index is 2.91. The number of hydrogen-bond acceptors (Lipinski definition) is 4. The number of carbonyl (C=O) groups is 1. The molecule has 0 fully saturated rings. The zero-order valence-corrected chi connectivity index (χ0v) is 9.77. The molecule has 1 aromatic heterocycles. The van der Waals surface area contributed by atoms with Crippen molar-refractivity contribution in [2.45, 2.75) is 6.54 Å². The molecule has 0 aliphatic heterocycles. The number of hydrogen-bond donors (Lipinski definition) is 0. The molecule has 5 heteroatoms. The smallest absolute Gasteiger partial charge is 0.339 e. The fraction of sp³-hybridized carbons (Fsp3) is 0.455. The first kappa shape index (κ1) is 12.4. The first-order chi connectivity index (χ1) is 7.54. The van der Waals surface area contributed by atoms with Gasteiger partial charge in [-0.1, -0.05) is 0 Å². The largest absolute Gasteiger partial charge is 0.465 e. The van der Waals surface area contributed by atoms with Gasteiger partial charge in [-0.05, 0) is 20.2 Å². The van der Waals surface area contributed by atoms with E-state index in [0.717, 1.165) is 6.54 Å². The highest BCUT2D eigenvalue weighted by molar-refractivity contribution is 5.88. The number of rotatable bonds is 4. The predicted molar refractivity (Wildman–Crippen MR) is 60.6 cm³/mol. The molecule has 0 N–H and O–H groups in total. The molecule has 0 radical (unpaired) electrons. The summed E-state index contributed by atoms with van der Waals surface area (Å²) in [5.41, 5.74) is 0.273. The molecule has 0 aromatic carbocycles. The standard InChI is InChI=1S/C11H16N2O3/c1-12(2)6-7-13-8-9(11(15)16-3)4-5-10(13)14/h4-5,8H,6-7H2,1-3H3. The van der Waals surface area contributed by atoms with Crippen molar-refractivity contribution in [3.63, 3.8) is 0 Å². The number of ether oxygens (including phenoxy) is 1. The second-order valence-corrected chi connectivity index (χ2v) is 3.74. The van der Waals surface area contributed by atoms with Crippen LogP contribution in [0.25, 0.3) is 0 Å². The van der Waals surface area contributed by atoms with Crippen LogP contribution in [-0.2, 0) is 11.3 Å². The highest BCUT2D eigenvalue weighted by Gasteiger charge is 2.07. The molecule has 0 saturated heterocycles. The van der Waals surface area contributed by atoms with Gasteiger partial charge in [-0.2, -0.15) is 0 Å². The first-order valence-corrected chi connectivity index (χ1v) is 4.98. The van der Waals surface area contributed by atoms with E-state index in [9.17, 15) is 9.59 Å². The maximum absolute atomic E-state index is 11.5. The number of likely N-dealkylation sites (N-methyl/N-ethyl adjacent to an activating group) is 1. The summed E-state index contributed by atoms with van der Waals surface area (Å²) in [6.07, 6.45) is 1.53. The number of nitrogens with zero attached hydrogens (tertiary/aromatic N) is 2. The Labute approximate surface area is 94.2 Å². The normalized spacial score (nSPS) is 10.5. The van der Waals surface area contributed by atoms with Crippen LogP contribution in [0.5, 0.6) is 0 Å². The van der Waals surface area contributed by atoms with Crippen LogP contribution in [0.1, 0.15) is 10.4 Å². The van der Waals surface area contributed by atoms with E-state index in [1.165, 1.54) is 30.0 Å². The summed E-state index contributed by atoms with van der Waals surface area (Å²) < 4.78 is 6.10. The molecule has 0 amide bonds. The lowest BCUT2D eigenvalue weighted by atomic mass is 10.3. The molecule has 5 nitrogen and oxygen atoms in total. The quantitative estimate of drug-likeness (QED) is 0.685. The van der Waals surface area contributed by atoms with Crippen molar-refractivity contribution in [3.05, 3.63) is 34.2 Å². The van der Waals surface area contributed by atoms with Crippen LogP contribution in [0, 0.1) is 0 Å². The minimum atomic E-state index is -0.432. The van der Waals surface area contributed by atoms with E-state index >= 15 is 0 Å². The number of pyridine rings is 1. The van der Waals surface area contributed by atoms with Crippen LogP contribution in [0.4, 0.5) is 0 Å². The van der Waals surface area contributed by atoms with Crippen LogP contribution < -0.4 is 5.56 Å². The lowest BCUT2D eigenvalue weighted by molar-refractivity contribution is 0.0599. The maximum Gasteiger partial charge on any atom is 0.339 e. The summed E-state index contributed by atoms with van der Waals surface area (Å²) in [6.45, 7) is 1.29. The zero-order chi connectivity index (χ0) is 12.1. The van der Waals surface area contributed by atoms with Gasteiger partial charge in [0, 0.05) is 25.4 Å². The second kappa shape index (κ2) is 5.46. The van der Waals surface area contributed by atoms with Gasteiger partial charge in [0.25, 0.3) is 5.56 Å². The van der Waals surface area contributed by atoms with Crippen molar-refractivity contribution in [2.24, 2.45) is 0 Å². The Hall–Kier alpha value is -1.62. The second-order valence-electron chi connectivity index (χ2n) is 3.74. The Morgan fingerprint density at radius 1 is 1.44 bits per heavy atom. The predicted octanol–water partition coefficient (Wildman–Crippen LogP) is 0.196. The molecular formula is C11H16N2O3. The molecule has 1 aromatic rings. The van der Waals surface area contributed by atoms with Gasteiger partial charge in [0.05, 0.1) is 12.7 Å². The molecule has 1 rings (SSSR count). The van der Waals surface area contributed by atoms with E-state index in [2.05, 4.69) is 4.74 Å². The molecule has 0 aliphatic carbocycles. The van der Waals surface area contributed by atoms with E-state index in [0.29, 0.717) is 12.1 Å². The average Bonchev–Trinajstić information content (AvgIpc) is 2.26. The molecule has 88 valence electrons. The van der Waals surface area contributed by atoms with Gasteiger partial charge in [-0.25, -0.2) is 4.79 Å². The summed E-state index contributed by atoms with van der Waals surface area (Å²) in [5, 5.41) is 0. The topological polar surface area (TPSA) is 51.5 Å². The van der Waals surface area contributed by atoms with Crippen LogP contribution >= 0.6 is 0 Å². The van der Waals surface area contributed by atoms with Gasteiger partial charge >= 0.3 is 5.97 Å². The Bertz CT molecular complexity index is 423. The molecule has 0 bridgehead atoms. The van der Waals surface area contributed by atoms with Crippen molar-refractivity contribution in [3.8, 4) is 0 Å². The lowest BCUT2D eigenvalue weighted by Gasteiger charge is -2.11. The van der Waals surface area contributed by atoms with Crippen LogP contribution in [-0.4, -0.2) is 43.2 Å². The van der Waals surface area contributed by atoms with Gasteiger partial charge in [0.2, 0.25) is 0 Å². The third-order valence-corrected chi connectivity index (χ3v) is 2.19. The Kier molecular flexibility index (Phi) is 4.25. The van der Waals surface area contributed by atoms with Gasteiger partial charge in [0.1, 0.15) is 0 Å². The van der Waals surface area contributed by atoms with E-state index in [1.807, 2.05) is 19.0 Å². The number of aromatic nitrogens is 1. The number of methoxy groups -OCH3 is 1.